The summed E-state index contributed by atoms with van der Waals surface area (Å²) >= 11 is 0. The van der Waals surface area contributed by atoms with Crippen LogP contribution in [-0.4, -0.2) is 16.9 Å². The summed E-state index contributed by atoms with van der Waals surface area (Å²) in [6.07, 6.45) is 3.25. The van der Waals surface area contributed by atoms with Gasteiger partial charge in [0.25, 0.3) is 5.92 Å². The zero-order valence-electron chi connectivity index (χ0n) is 19.0. The molecule has 0 bridgehead atoms. The van der Waals surface area contributed by atoms with Crippen molar-refractivity contribution in [2.45, 2.75) is 32.6 Å². The maximum atomic E-state index is 14.1. The van der Waals surface area contributed by atoms with Crippen molar-refractivity contribution >= 4 is 29.1 Å². The molecule has 0 saturated heterocycles. The van der Waals surface area contributed by atoms with E-state index in [4.69, 9.17) is 4.74 Å². The van der Waals surface area contributed by atoms with Crippen molar-refractivity contribution in [1.29, 1.82) is 0 Å². The van der Waals surface area contributed by atoms with E-state index in [1.807, 2.05) is 0 Å². The van der Waals surface area contributed by atoms with Crippen molar-refractivity contribution in [3.05, 3.63) is 71.7 Å². The average Bonchev–Trinajstić information content (AvgIpc) is 3.63. The first-order valence-corrected chi connectivity index (χ1v) is 10.9. The third-order valence-electron chi connectivity index (χ3n) is 5.35. The van der Waals surface area contributed by atoms with E-state index in [-0.39, 0.29) is 17.5 Å². The number of aromatic nitrogens is 1. The highest BCUT2D eigenvalue weighted by molar-refractivity contribution is 6.00. The van der Waals surface area contributed by atoms with E-state index in [1.54, 1.807) is 37.3 Å². The maximum absolute atomic E-state index is 14.1. The number of pyridine rings is 1. The molecule has 1 saturated carbocycles. The maximum Gasteiger partial charge on any atom is 0.323 e. The molecule has 1 aliphatic carbocycles. The highest BCUT2D eigenvalue weighted by Crippen LogP contribution is 2.32. The van der Waals surface area contributed by atoms with Crippen molar-refractivity contribution in [1.82, 2.24) is 4.98 Å². The van der Waals surface area contributed by atoms with Gasteiger partial charge in [-0.15, -0.1) is 0 Å². The topological polar surface area (TPSA) is 92.3 Å². The molecule has 0 radical (unpaired) electrons. The fraction of sp³-hybridized carbons (Fsp3) is 0.240. The summed E-state index contributed by atoms with van der Waals surface area (Å²) < 4.78 is 47.0. The number of rotatable bonds is 7. The lowest BCUT2D eigenvalue weighted by Crippen LogP contribution is -2.21. The molecule has 0 aliphatic heterocycles. The number of alkyl halides is 2. The minimum atomic E-state index is -3.18. The molecule has 1 aliphatic rings. The Bertz CT molecular complexity index is 1270. The van der Waals surface area contributed by atoms with Crippen LogP contribution in [0.4, 0.5) is 35.2 Å². The Morgan fingerprint density at radius 1 is 0.971 bits per heavy atom. The fourth-order valence-electron chi connectivity index (χ4n) is 3.22. The van der Waals surface area contributed by atoms with Crippen LogP contribution in [0.1, 0.15) is 30.9 Å². The molecule has 3 amide bonds. The van der Waals surface area contributed by atoms with Gasteiger partial charge in [0.15, 0.2) is 0 Å². The quantitative estimate of drug-likeness (QED) is 0.361. The van der Waals surface area contributed by atoms with Crippen LogP contribution in [0, 0.1) is 18.7 Å². The van der Waals surface area contributed by atoms with E-state index < -0.39 is 23.3 Å². The van der Waals surface area contributed by atoms with Gasteiger partial charge in [-0.2, -0.15) is 0 Å². The smallest absolute Gasteiger partial charge is 0.323 e. The number of nitrogens with one attached hydrogen (secondary N) is 3. The number of carbonyl (C=O) groups excluding carboxylic acids is 2. The van der Waals surface area contributed by atoms with Crippen LogP contribution >= 0.6 is 0 Å². The number of anilines is 3. The number of ether oxygens (including phenoxy) is 1. The van der Waals surface area contributed by atoms with E-state index in [1.165, 1.54) is 6.20 Å². The van der Waals surface area contributed by atoms with Gasteiger partial charge in [0.05, 0.1) is 5.69 Å². The number of amides is 3. The Labute approximate surface area is 199 Å². The Balaban J connectivity index is 1.44. The molecule has 10 heteroatoms. The minimum Gasteiger partial charge on any atom is -0.457 e. The SMILES string of the molecule is Cc1ccc(Oc2ccnc(NC(=O)C3CC3)c2)cc1NC(=O)Nc1cc(C(C)(F)F)ccc1F. The second-order valence-electron chi connectivity index (χ2n) is 8.38. The van der Waals surface area contributed by atoms with E-state index in [9.17, 15) is 22.8 Å². The summed E-state index contributed by atoms with van der Waals surface area (Å²) in [5.74, 6) is -2.90. The van der Waals surface area contributed by atoms with Crippen LogP contribution in [0.3, 0.4) is 0 Å². The standard InChI is InChI=1S/C25H23F3N4O3/c1-14-3-7-17(35-18-9-10-29-22(13-18)32-23(33)15-4-5-15)12-20(14)30-24(34)31-21-11-16(25(2,27)28)6-8-19(21)26/h3,6-13,15H,4-5H2,1-2H3,(H,29,32,33)(H2,30,31,34). The lowest BCUT2D eigenvalue weighted by Gasteiger charge is -2.15. The largest absolute Gasteiger partial charge is 0.457 e. The van der Waals surface area contributed by atoms with Crippen LogP contribution in [0.25, 0.3) is 0 Å². The molecule has 0 atom stereocenters. The average molecular weight is 484 g/mol. The van der Waals surface area contributed by atoms with Crippen molar-refractivity contribution in [3.8, 4) is 11.5 Å². The Hall–Kier alpha value is -4.08. The van der Waals surface area contributed by atoms with Gasteiger partial charge in [0.1, 0.15) is 23.1 Å². The minimum absolute atomic E-state index is 0.0349. The molecule has 1 aromatic heterocycles. The molecule has 1 heterocycles. The molecule has 35 heavy (non-hydrogen) atoms. The predicted octanol–water partition coefficient (Wildman–Crippen LogP) is 6.43. The molecule has 0 spiro atoms. The Morgan fingerprint density at radius 2 is 1.69 bits per heavy atom. The van der Waals surface area contributed by atoms with E-state index in [2.05, 4.69) is 20.9 Å². The zero-order chi connectivity index (χ0) is 25.2. The van der Waals surface area contributed by atoms with Gasteiger partial charge >= 0.3 is 6.03 Å². The summed E-state index contributed by atoms with van der Waals surface area (Å²) in [7, 11) is 0. The molecule has 1 fully saturated rings. The van der Waals surface area contributed by atoms with E-state index in [0.717, 1.165) is 31.0 Å². The predicted molar refractivity (Wildman–Crippen MR) is 125 cm³/mol. The van der Waals surface area contributed by atoms with Gasteiger partial charge in [0, 0.05) is 42.4 Å². The monoisotopic (exact) mass is 484 g/mol. The summed E-state index contributed by atoms with van der Waals surface area (Å²) in [4.78, 5) is 28.5. The lowest BCUT2D eigenvalue weighted by molar-refractivity contribution is -0.117. The van der Waals surface area contributed by atoms with E-state index in [0.29, 0.717) is 35.5 Å². The second-order valence-corrected chi connectivity index (χ2v) is 8.38. The van der Waals surface area contributed by atoms with Crippen molar-refractivity contribution in [2.75, 3.05) is 16.0 Å². The van der Waals surface area contributed by atoms with Crippen LogP contribution in [-0.2, 0) is 10.7 Å². The normalized spacial score (nSPS) is 13.2. The molecule has 3 N–H and O–H groups in total. The zero-order valence-corrected chi connectivity index (χ0v) is 19.0. The van der Waals surface area contributed by atoms with Crippen molar-refractivity contribution < 1.29 is 27.5 Å². The van der Waals surface area contributed by atoms with Gasteiger partial charge in [0.2, 0.25) is 5.91 Å². The Morgan fingerprint density at radius 3 is 2.40 bits per heavy atom. The molecule has 7 nitrogen and oxygen atoms in total. The van der Waals surface area contributed by atoms with E-state index >= 15 is 0 Å². The second kappa shape index (κ2) is 9.65. The van der Waals surface area contributed by atoms with Crippen LogP contribution < -0.4 is 20.7 Å². The molecule has 2 aromatic carbocycles. The van der Waals surface area contributed by atoms with Gasteiger partial charge in [-0.25, -0.2) is 22.9 Å². The molecule has 0 unspecified atom stereocenters. The van der Waals surface area contributed by atoms with Crippen LogP contribution in [0.5, 0.6) is 11.5 Å². The molecule has 3 aromatic rings. The van der Waals surface area contributed by atoms with Gasteiger partial charge in [-0.3, -0.25) is 4.79 Å². The van der Waals surface area contributed by atoms with Gasteiger partial charge < -0.3 is 20.7 Å². The molecular weight excluding hydrogens is 461 g/mol. The molecule has 182 valence electrons. The van der Waals surface area contributed by atoms with Gasteiger partial charge in [-0.1, -0.05) is 12.1 Å². The van der Waals surface area contributed by atoms with Gasteiger partial charge in [-0.05, 0) is 49.6 Å². The number of hydrogen-bond donors (Lipinski definition) is 3. The number of aryl methyl sites for hydroxylation is 1. The lowest BCUT2D eigenvalue weighted by atomic mass is 10.1. The number of urea groups is 1. The highest BCUT2D eigenvalue weighted by Gasteiger charge is 2.30. The molecular formula is C25H23F3N4O3. The van der Waals surface area contributed by atoms with Crippen molar-refractivity contribution in [2.24, 2.45) is 5.92 Å². The third-order valence-corrected chi connectivity index (χ3v) is 5.35. The number of carbonyl (C=O) groups is 2. The van der Waals surface area contributed by atoms with Crippen molar-refractivity contribution in [3.63, 3.8) is 0 Å². The third kappa shape index (κ3) is 6.28. The summed E-state index contributed by atoms with van der Waals surface area (Å²) in [5, 5.41) is 7.58. The fourth-order valence-corrected chi connectivity index (χ4v) is 3.22. The van der Waals surface area contributed by atoms with Crippen LogP contribution in [0.2, 0.25) is 0 Å². The summed E-state index contributed by atoms with van der Waals surface area (Å²) in [5.41, 5.74) is 0.262. The summed E-state index contributed by atoms with van der Waals surface area (Å²) in [6, 6.07) is 10.1. The first kappa shape index (κ1) is 24.1. The number of halogens is 3. The Kier molecular flexibility index (Phi) is 6.63. The number of hydrogen-bond acceptors (Lipinski definition) is 4. The first-order valence-electron chi connectivity index (χ1n) is 10.9. The van der Waals surface area contributed by atoms with Crippen LogP contribution in [0.15, 0.2) is 54.7 Å². The number of nitrogens with zero attached hydrogens (tertiary/aromatic N) is 1. The first-order chi connectivity index (χ1) is 16.6. The number of benzene rings is 2. The summed E-state index contributed by atoms with van der Waals surface area (Å²) in [6.45, 7) is 2.43. The molecule has 4 rings (SSSR count). The highest BCUT2D eigenvalue weighted by atomic mass is 19.3.